The highest BCUT2D eigenvalue weighted by Crippen LogP contribution is 2.30. The Balaban J connectivity index is 1.76. The lowest BCUT2D eigenvalue weighted by Gasteiger charge is -2.27. The zero-order valence-corrected chi connectivity index (χ0v) is 16.9. The molecule has 3 amide bonds. The number of hydrogen-bond acceptors (Lipinski definition) is 3. The van der Waals surface area contributed by atoms with Gasteiger partial charge in [0.1, 0.15) is 6.04 Å². The number of carbonyl (C=O) groups excluding carboxylic acids is 3. The van der Waals surface area contributed by atoms with Crippen molar-refractivity contribution in [2.45, 2.75) is 90.0 Å². The Bertz CT molecular complexity index is 503. The lowest BCUT2D eigenvalue weighted by atomic mass is 9.85. The number of rotatable bonds is 11. The second-order valence-electron chi connectivity index (χ2n) is 8.29. The Labute approximate surface area is 163 Å². The van der Waals surface area contributed by atoms with Crippen LogP contribution >= 0.6 is 0 Å². The molecule has 0 aromatic rings. The van der Waals surface area contributed by atoms with Crippen LogP contribution in [0.5, 0.6) is 0 Å². The van der Waals surface area contributed by atoms with Crippen LogP contribution in [0.4, 0.5) is 0 Å². The third-order valence-corrected chi connectivity index (χ3v) is 6.17. The second kappa shape index (κ2) is 11.3. The molecule has 27 heavy (non-hydrogen) atoms. The van der Waals surface area contributed by atoms with E-state index in [9.17, 15) is 14.4 Å². The molecule has 1 aliphatic heterocycles. The molecule has 0 unspecified atom stereocenters. The van der Waals surface area contributed by atoms with Gasteiger partial charge in [-0.1, -0.05) is 64.7 Å². The van der Waals surface area contributed by atoms with Crippen molar-refractivity contribution in [2.75, 3.05) is 13.1 Å². The van der Waals surface area contributed by atoms with Crippen LogP contribution in [0.25, 0.3) is 0 Å². The summed E-state index contributed by atoms with van der Waals surface area (Å²) in [5.74, 6) is 0.238. The molecule has 0 bridgehead atoms. The maximum absolute atomic E-state index is 12.8. The SMILES string of the molecule is CCC[C@@H](C(=O)NCC(N)=O)N1CC[C@@H](CCCCC2CCCCC2)C1=O. The van der Waals surface area contributed by atoms with E-state index in [1.54, 1.807) is 4.90 Å². The van der Waals surface area contributed by atoms with Crippen LogP contribution in [-0.4, -0.2) is 41.8 Å². The minimum absolute atomic E-state index is 0.0552. The van der Waals surface area contributed by atoms with Crippen LogP contribution < -0.4 is 11.1 Å². The molecule has 2 fully saturated rings. The largest absolute Gasteiger partial charge is 0.368 e. The number of carbonyl (C=O) groups is 3. The van der Waals surface area contributed by atoms with E-state index < -0.39 is 11.9 Å². The lowest BCUT2D eigenvalue weighted by molar-refractivity contribution is -0.140. The molecule has 2 aliphatic rings. The van der Waals surface area contributed by atoms with Crippen LogP contribution in [0.3, 0.4) is 0 Å². The summed E-state index contributed by atoms with van der Waals surface area (Å²) in [4.78, 5) is 37.9. The van der Waals surface area contributed by atoms with Gasteiger partial charge >= 0.3 is 0 Å². The van der Waals surface area contributed by atoms with Crippen molar-refractivity contribution in [1.82, 2.24) is 10.2 Å². The molecule has 1 aliphatic carbocycles. The fourth-order valence-corrected chi connectivity index (χ4v) is 4.63. The van der Waals surface area contributed by atoms with E-state index in [2.05, 4.69) is 5.32 Å². The van der Waals surface area contributed by atoms with Crippen LogP contribution in [0.2, 0.25) is 0 Å². The molecular weight excluding hydrogens is 342 g/mol. The number of nitrogens with zero attached hydrogens (tertiary/aromatic N) is 1. The number of nitrogens with two attached hydrogens (primary N) is 1. The van der Waals surface area contributed by atoms with Gasteiger partial charge in [0.05, 0.1) is 6.54 Å². The van der Waals surface area contributed by atoms with Crippen LogP contribution in [-0.2, 0) is 14.4 Å². The molecule has 0 aromatic carbocycles. The van der Waals surface area contributed by atoms with E-state index in [1.807, 2.05) is 6.92 Å². The average molecular weight is 380 g/mol. The highest BCUT2D eigenvalue weighted by atomic mass is 16.2. The van der Waals surface area contributed by atoms with E-state index in [-0.39, 0.29) is 24.3 Å². The van der Waals surface area contributed by atoms with E-state index >= 15 is 0 Å². The minimum atomic E-state index is -0.567. The van der Waals surface area contributed by atoms with Gasteiger partial charge in [0.2, 0.25) is 17.7 Å². The molecule has 154 valence electrons. The summed E-state index contributed by atoms with van der Waals surface area (Å²) < 4.78 is 0. The quantitative estimate of drug-likeness (QED) is 0.541. The summed E-state index contributed by atoms with van der Waals surface area (Å²) >= 11 is 0. The molecule has 0 radical (unpaired) electrons. The van der Waals surface area contributed by atoms with Gasteiger partial charge < -0.3 is 16.0 Å². The molecule has 6 heteroatoms. The van der Waals surface area contributed by atoms with E-state index in [0.29, 0.717) is 13.0 Å². The highest BCUT2D eigenvalue weighted by molar-refractivity contribution is 5.91. The minimum Gasteiger partial charge on any atom is -0.368 e. The Kier molecular flexibility index (Phi) is 9.08. The molecule has 0 spiro atoms. The summed E-state index contributed by atoms with van der Waals surface area (Å²) in [6.07, 6.45) is 13.8. The van der Waals surface area contributed by atoms with Gasteiger partial charge in [-0.05, 0) is 25.2 Å². The normalized spacial score (nSPS) is 22.0. The Morgan fingerprint density at radius 1 is 1.15 bits per heavy atom. The predicted molar refractivity (Wildman–Crippen MR) is 106 cm³/mol. The van der Waals surface area contributed by atoms with E-state index in [0.717, 1.165) is 31.6 Å². The molecule has 2 rings (SSSR count). The molecule has 1 saturated carbocycles. The summed E-state index contributed by atoms with van der Waals surface area (Å²) in [6, 6.07) is -0.478. The molecular formula is C21H37N3O3. The zero-order chi connectivity index (χ0) is 19.6. The Morgan fingerprint density at radius 3 is 2.52 bits per heavy atom. The van der Waals surface area contributed by atoms with Crippen molar-refractivity contribution in [3.8, 4) is 0 Å². The first kappa shape index (κ1) is 21.7. The third-order valence-electron chi connectivity index (χ3n) is 6.17. The number of amides is 3. The molecule has 1 heterocycles. The topological polar surface area (TPSA) is 92.5 Å². The molecule has 6 nitrogen and oxygen atoms in total. The van der Waals surface area contributed by atoms with Gasteiger partial charge in [0.25, 0.3) is 0 Å². The first-order valence-electron chi connectivity index (χ1n) is 10.9. The standard InChI is InChI=1S/C21H37N3O3/c1-2-8-18(20(26)23-15-19(22)25)24-14-13-17(21(24)27)12-7-6-11-16-9-4-3-5-10-16/h16-18H,2-15H2,1H3,(H2,22,25)(H,23,26)/t17-,18+/m1/s1. The lowest BCUT2D eigenvalue weighted by Crippen LogP contribution is -2.49. The van der Waals surface area contributed by atoms with Gasteiger partial charge in [-0.2, -0.15) is 0 Å². The van der Waals surface area contributed by atoms with Gasteiger partial charge in [-0.3, -0.25) is 14.4 Å². The number of nitrogens with one attached hydrogen (secondary N) is 1. The summed E-state index contributed by atoms with van der Waals surface area (Å²) in [7, 11) is 0. The molecule has 2 atom stereocenters. The summed E-state index contributed by atoms with van der Waals surface area (Å²) in [5, 5.41) is 2.56. The third kappa shape index (κ3) is 6.82. The van der Waals surface area contributed by atoms with E-state index in [4.69, 9.17) is 5.73 Å². The van der Waals surface area contributed by atoms with Crippen LogP contribution in [0.1, 0.15) is 84.0 Å². The number of primary amides is 1. The Hall–Kier alpha value is -1.59. The average Bonchev–Trinajstić information content (AvgIpc) is 3.02. The summed E-state index contributed by atoms with van der Waals surface area (Å²) in [6.45, 7) is 2.46. The molecule has 3 N–H and O–H groups in total. The first-order chi connectivity index (χ1) is 13.0. The molecule has 1 saturated heterocycles. The zero-order valence-electron chi connectivity index (χ0n) is 16.9. The maximum Gasteiger partial charge on any atom is 0.243 e. The number of unbranched alkanes of at least 4 members (excludes halogenated alkanes) is 1. The fraction of sp³-hybridized carbons (Fsp3) is 0.857. The second-order valence-corrected chi connectivity index (χ2v) is 8.29. The monoisotopic (exact) mass is 379 g/mol. The van der Waals surface area contributed by atoms with Crippen molar-refractivity contribution in [1.29, 1.82) is 0 Å². The van der Waals surface area contributed by atoms with Gasteiger partial charge in [-0.25, -0.2) is 0 Å². The van der Waals surface area contributed by atoms with Crippen LogP contribution in [0, 0.1) is 11.8 Å². The summed E-state index contributed by atoms with van der Waals surface area (Å²) in [5.41, 5.74) is 5.11. The fourth-order valence-electron chi connectivity index (χ4n) is 4.63. The molecule has 0 aromatic heterocycles. The highest BCUT2D eigenvalue weighted by Gasteiger charge is 2.37. The smallest absolute Gasteiger partial charge is 0.243 e. The van der Waals surface area contributed by atoms with E-state index in [1.165, 1.54) is 44.9 Å². The number of hydrogen-bond donors (Lipinski definition) is 2. The van der Waals surface area contributed by atoms with Gasteiger partial charge in [0.15, 0.2) is 0 Å². The van der Waals surface area contributed by atoms with Crippen molar-refractivity contribution in [3.63, 3.8) is 0 Å². The Morgan fingerprint density at radius 2 is 1.85 bits per heavy atom. The first-order valence-corrected chi connectivity index (χ1v) is 10.9. The van der Waals surface area contributed by atoms with Crippen molar-refractivity contribution >= 4 is 17.7 Å². The van der Waals surface area contributed by atoms with Gasteiger partial charge in [0, 0.05) is 12.5 Å². The number of likely N-dealkylation sites (tertiary alicyclic amines) is 1. The van der Waals surface area contributed by atoms with Crippen LogP contribution in [0.15, 0.2) is 0 Å². The van der Waals surface area contributed by atoms with Crippen molar-refractivity contribution in [2.24, 2.45) is 17.6 Å². The maximum atomic E-state index is 12.8. The van der Waals surface area contributed by atoms with Crippen molar-refractivity contribution < 1.29 is 14.4 Å². The predicted octanol–water partition coefficient (Wildman–Crippen LogP) is 2.75. The van der Waals surface area contributed by atoms with Gasteiger partial charge in [-0.15, -0.1) is 0 Å². The van der Waals surface area contributed by atoms with Crippen molar-refractivity contribution in [3.05, 3.63) is 0 Å².